The maximum Gasteiger partial charge on any atom is 0.323 e. The highest BCUT2D eigenvalue weighted by atomic mass is 16.5. The number of hydrogen-bond acceptors (Lipinski definition) is 3. The average Bonchev–Trinajstić information content (AvgIpc) is 2.16. The molecule has 0 saturated carbocycles. The van der Waals surface area contributed by atoms with Crippen molar-refractivity contribution in [3.05, 3.63) is 0 Å². The lowest BCUT2D eigenvalue weighted by molar-refractivity contribution is -0.144. The van der Waals surface area contributed by atoms with Crippen LogP contribution in [0.15, 0.2) is 0 Å². The smallest absolute Gasteiger partial charge is 0.323 e. The Hall–Kier alpha value is -1.10. The van der Waals surface area contributed by atoms with Gasteiger partial charge in [0, 0.05) is 6.54 Å². The van der Waals surface area contributed by atoms with Gasteiger partial charge < -0.3 is 14.7 Å². The first kappa shape index (κ1) is 8.99. The molecule has 1 aliphatic heterocycles. The van der Waals surface area contributed by atoms with Crippen molar-refractivity contribution in [3.63, 3.8) is 0 Å². The van der Waals surface area contributed by atoms with Gasteiger partial charge in [-0.2, -0.15) is 0 Å². The van der Waals surface area contributed by atoms with Crippen LogP contribution in [0.2, 0.25) is 0 Å². The Morgan fingerprint density at radius 3 is 3.00 bits per heavy atom. The van der Waals surface area contributed by atoms with E-state index in [2.05, 4.69) is 0 Å². The summed E-state index contributed by atoms with van der Waals surface area (Å²) in [5.74, 6) is -1.12. The van der Waals surface area contributed by atoms with Gasteiger partial charge in [-0.15, -0.1) is 0 Å². The van der Waals surface area contributed by atoms with E-state index in [-0.39, 0.29) is 18.9 Å². The van der Waals surface area contributed by atoms with Gasteiger partial charge in [-0.05, 0) is 0 Å². The topological polar surface area (TPSA) is 66.8 Å². The largest absolute Gasteiger partial charge is 0.480 e. The summed E-state index contributed by atoms with van der Waals surface area (Å²) in [7, 11) is 0. The van der Waals surface area contributed by atoms with Crippen LogP contribution in [0.1, 0.15) is 6.42 Å². The van der Waals surface area contributed by atoms with Gasteiger partial charge in [-0.1, -0.05) is 0 Å². The molecule has 0 aromatic rings. The molecule has 5 heteroatoms. The summed E-state index contributed by atoms with van der Waals surface area (Å²) in [6.45, 7) is 0.987. The maximum atomic E-state index is 11.1. The number of carbonyl (C=O) groups is 2. The number of hydrogen-bond donors (Lipinski definition) is 1. The normalized spacial score (nSPS) is 19.0. The number of nitrogens with zero attached hydrogens (tertiary/aromatic N) is 1. The third-order valence-electron chi connectivity index (χ3n) is 1.64. The highest BCUT2D eigenvalue weighted by Crippen LogP contribution is 2.00. The first-order valence-corrected chi connectivity index (χ1v) is 3.77. The van der Waals surface area contributed by atoms with Gasteiger partial charge in [-0.25, -0.2) is 0 Å². The summed E-state index contributed by atoms with van der Waals surface area (Å²) in [5.41, 5.74) is 0. The van der Waals surface area contributed by atoms with Crippen LogP contribution in [0.4, 0.5) is 0 Å². The summed E-state index contributed by atoms with van der Waals surface area (Å²) in [6.07, 6.45) is 0.285. The monoisotopic (exact) mass is 173 g/mol. The second kappa shape index (κ2) is 4.06. The zero-order chi connectivity index (χ0) is 8.97. The molecule has 68 valence electrons. The SMILES string of the molecule is O=C(O)CN1CCOCCC1=O. The van der Waals surface area contributed by atoms with Gasteiger partial charge in [0.1, 0.15) is 6.54 Å². The quantitative estimate of drug-likeness (QED) is 0.600. The second-order valence-electron chi connectivity index (χ2n) is 2.57. The summed E-state index contributed by atoms with van der Waals surface area (Å²) in [4.78, 5) is 22.7. The summed E-state index contributed by atoms with van der Waals surface area (Å²) >= 11 is 0. The van der Waals surface area contributed by atoms with E-state index >= 15 is 0 Å². The average molecular weight is 173 g/mol. The van der Waals surface area contributed by atoms with Crippen molar-refractivity contribution in [1.82, 2.24) is 4.90 Å². The fraction of sp³-hybridized carbons (Fsp3) is 0.714. The van der Waals surface area contributed by atoms with Gasteiger partial charge in [0.2, 0.25) is 5.91 Å². The van der Waals surface area contributed by atoms with Gasteiger partial charge in [0.05, 0.1) is 19.6 Å². The second-order valence-corrected chi connectivity index (χ2v) is 2.57. The molecule has 1 fully saturated rings. The Morgan fingerprint density at radius 1 is 1.58 bits per heavy atom. The number of carboxylic acids is 1. The van der Waals surface area contributed by atoms with Crippen molar-refractivity contribution >= 4 is 11.9 Å². The molecule has 0 radical (unpaired) electrons. The third-order valence-corrected chi connectivity index (χ3v) is 1.64. The molecule has 1 saturated heterocycles. The van der Waals surface area contributed by atoms with Crippen LogP contribution in [0, 0.1) is 0 Å². The molecule has 1 rings (SSSR count). The molecule has 0 aliphatic carbocycles. The third kappa shape index (κ3) is 2.50. The highest BCUT2D eigenvalue weighted by Gasteiger charge is 2.18. The van der Waals surface area contributed by atoms with Crippen LogP contribution in [0.5, 0.6) is 0 Å². The van der Waals surface area contributed by atoms with Crippen LogP contribution in [-0.2, 0) is 14.3 Å². The number of rotatable bonds is 2. The Morgan fingerprint density at radius 2 is 2.33 bits per heavy atom. The van der Waals surface area contributed by atoms with Crippen molar-refractivity contribution in [1.29, 1.82) is 0 Å². The van der Waals surface area contributed by atoms with E-state index in [1.54, 1.807) is 0 Å². The molecule has 0 atom stereocenters. The zero-order valence-electron chi connectivity index (χ0n) is 6.65. The lowest BCUT2D eigenvalue weighted by atomic mass is 10.4. The van der Waals surface area contributed by atoms with Crippen LogP contribution in [0.25, 0.3) is 0 Å². The lowest BCUT2D eigenvalue weighted by Crippen LogP contribution is -2.36. The van der Waals surface area contributed by atoms with Gasteiger partial charge >= 0.3 is 5.97 Å². The van der Waals surface area contributed by atoms with Gasteiger partial charge in [-0.3, -0.25) is 9.59 Å². The molecular weight excluding hydrogens is 162 g/mol. The number of aliphatic carboxylic acids is 1. The Bertz CT molecular complexity index is 192. The molecule has 12 heavy (non-hydrogen) atoms. The van der Waals surface area contributed by atoms with Crippen LogP contribution in [-0.4, -0.2) is 48.2 Å². The summed E-state index contributed by atoms with van der Waals surface area (Å²) in [6, 6.07) is 0. The predicted molar refractivity (Wildman–Crippen MR) is 39.7 cm³/mol. The number of amides is 1. The molecule has 0 aromatic carbocycles. The Kier molecular flexibility index (Phi) is 3.04. The van der Waals surface area contributed by atoms with Crippen molar-refractivity contribution in [2.24, 2.45) is 0 Å². The van der Waals surface area contributed by atoms with E-state index in [1.165, 1.54) is 4.90 Å². The number of ether oxygens (including phenoxy) is 1. The van der Waals surface area contributed by atoms with Crippen LogP contribution < -0.4 is 0 Å². The first-order chi connectivity index (χ1) is 5.70. The van der Waals surface area contributed by atoms with Crippen LogP contribution >= 0.6 is 0 Å². The fourth-order valence-corrected chi connectivity index (χ4v) is 1.05. The molecule has 0 aromatic heterocycles. The molecule has 1 heterocycles. The van der Waals surface area contributed by atoms with E-state index < -0.39 is 5.97 Å². The standard InChI is InChI=1S/C7H11NO4/c9-6-1-3-12-4-2-8(6)5-7(10)11/h1-5H2,(H,10,11). The molecule has 1 aliphatic rings. The minimum Gasteiger partial charge on any atom is -0.480 e. The van der Waals surface area contributed by atoms with Crippen molar-refractivity contribution < 1.29 is 19.4 Å². The van der Waals surface area contributed by atoms with Gasteiger partial charge in [0.15, 0.2) is 0 Å². The first-order valence-electron chi connectivity index (χ1n) is 3.77. The number of carboxylic acid groups (broad SMARTS) is 1. The predicted octanol–water partition coefficient (Wildman–Crippen LogP) is -0.680. The van der Waals surface area contributed by atoms with E-state index in [1.807, 2.05) is 0 Å². The fourth-order valence-electron chi connectivity index (χ4n) is 1.05. The zero-order valence-corrected chi connectivity index (χ0v) is 6.65. The lowest BCUT2D eigenvalue weighted by Gasteiger charge is -2.16. The number of carbonyl (C=O) groups excluding carboxylic acids is 1. The van der Waals surface area contributed by atoms with Crippen molar-refractivity contribution in [2.45, 2.75) is 6.42 Å². The Labute approximate surface area is 69.9 Å². The van der Waals surface area contributed by atoms with E-state index in [4.69, 9.17) is 9.84 Å². The van der Waals surface area contributed by atoms with Crippen molar-refractivity contribution in [3.8, 4) is 0 Å². The molecular formula is C7H11NO4. The van der Waals surface area contributed by atoms with Crippen molar-refractivity contribution in [2.75, 3.05) is 26.3 Å². The molecule has 5 nitrogen and oxygen atoms in total. The van der Waals surface area contributed by atoms with Crippen LogP contribution in [0.3, 0.4) is 0 Å². The molecule has 1 N–H and O–H groups in total. The van der Waals surface area contributed by atoms with Gasteiger partial charge in [0.25, 0.3) is 0 Å². The van der Waals surface area contributed by atoms with E-state index in [0.29, 0.717) is 19.8 Å². The van der Waals surface area contributed by atoms with E-state index in [9.17, 15) is 9.59 Å². The maximum absolute atomic E-state index is 11.1. The molecule has 0 bridgehead atoms. The molecule has 1 amide bonds. The Balaban J connectivity index is 2.47. The summed E-state index contributed by atoms with van der Waals surface area (Å²) in [5, 5.41) is 8.44. The minimum atomic E-state index is -0.981. The van der Waals surface area contributed by atoms with E-state index in [0.717, 1.165) is 0 Å². The molecule has 0 spiro atoms. The highest BCUT2D eigenvalue weighted by molar-refractivity contribution is 5.81. The minimum absolute atomic E-state index is 0.144. The summed E-state index contributed by atoms with van der Waals surface area (Å²) < 4.78 is 5.02. The molecule has 0 unspecified atom stereocenters.